The largest absolute Gasteiger partial charge is 0.301 e. The van der Waals surface area contributed by atoms with Crippen LogP contribution in [-0.4, -0.2) is 42.4 Å². The molecule has 8 nitrogen and oxygen atoms in total. The molecule has 0 aliphatic heterocycles. The lowest BCUT2D eigenvalue weighted by Crippen LogP contribution is -2.27. The molecule has 98 valence electrons. The summed E-state index contributed by atoms with van der Waals surface area (Å²) in [5.74, 6) is -0.354. The number of anilines is 1. The lowest BCUT2D eigenvalue weighted by Gasteiger charge is -2.12. The van der Waals surface area contributed by atoms with E-state index >= 15 is 0 Å². The topological polar surface area (TPSA) is 116 Å². The van der Waals surface area contributed by atoms with Crippen LogP contribution < -0.4 is 5.32 Å². The first kappa shape index (κ1) is 14.5. The van der Waals surface area contributed by atoms with Crippen LogP contribution in [-0.2, 0) is 14.8 Å². The summed E-state index contributed by atoms with van der Waals surface area (Å²) in [6.45, 7) is 1.36. The number of nitrogens with one attached hydrogen (secondary N) is 1. The number of hydrogen-bond donors (Lipinski definition) is 1. The van der Waals surface area contributed by atoms with E-state index in [1.165, 1.54) is 14.0 Å². The molecule has 1 aromatic heterocycles. The van der Waals surface area contributed by atoms with E-state index in [2.05, 4.69) is 15.5 Å². The van der Waals surface area contributed by atoms with Crippen molar-refractivity contribution in [3.05, 3.63) is 0 Å². The van der Waals surface area contributed by atoms with E-state index in [1.807, 2.05) is 6.07 Å². The van der Waals surface area contributed by atoms with Crippen molar-refractivity contribution in [3.8, 4) is 6.07 Å². The Morgan fingerprint density at radius 2 is 2.22 bits per heavy atom. The van der Waals surface area contributed by atoms with Gasteiger partial charge in [-0.3, -0.25) is 4.79 Å². The molecule has 0 radical (unpaired) electrons. The second kappa shape index (κ2) is 5.85. The Labute approximate surface area is 108 Å². The highest BCUT2D eigenvalue weighted by atomic mass is 32.2. The van der Waals surface area contributed by atoms with Gasteiger partial charge in [0.2, 0.25) is 15.4 Å². The molecule has 0 aliphatic rings. The van der Waals surface area contributed by atoms with Crippen LogP contribution in [0.5, 0.6) is 0 Å². The smallest absolute Gasteiger partial charge is 0.272 e. The van der Waals surface area contributed by atoms with Crippen LogP contribution in [0.4, 0.5) is 5.13 Å². The number of aromatic nitrogens is 2. The molecule has 1 amide bonds. The van der Waals surface area contributed by atoms with E-state index in [4.69, 9.17) is 5.26 Å². The monoisotopic (exact) mass is 289 g/mol. The fourth-order valence-corrected chi connectivity index (χ4v) is 3.28. The predicted octanol–water partition coefficient (Wildman–Crippen LogP) is 0.0307. The van der Waals surface area contributed by atoms with Gasteiger partial charge in [-0.25, -0.2) is 8.42 Å². The van der Waals surface area contributed by atoms with Crippen molar-refractivity contribution in [1.82, 2.24) is 14.5 Å². The van der Waals surface area contributed by atoms with E-state index in [9.17, 15) is 13.2 Å². The van der Waals surface area contributed by atoms with Gasteiger partial charge in [-0.2, -0.15) is 9.57 Å². The molecular formula is C8H11N5O3S2. The van der Waals surface area contributed by atoms with Crippen molar-refractivity contribution < 1.29 is 13.2 Å². The lowest BCUT2D eigenvalue weighted by molar-refractivity contribution is -0.114. The molecule has 10 heteroatoms. The van der Waals surface area contributed by atoms with Crippen LogP contribution in [0.1, 0.15) is 13.3 Å². The zero-order chi connectivity index (χ0) is 13.8. The number of amides is 1. The van der Waals surface area contributed by atoms with Crippen molar-refractivity contribution in [2.45, 2.75) is 17.7 Å². The summed E-state index contributed by atoms with van der Waals surface area (Å²) in [7, 11) is -2.40. The van der Waals surface area contributed by atoms with Crippen LogP contribution in [0.15, 0.2) is 4.34 Å². The van der Waals surface area contributed by atoms with Crippen molar-refractivity contribution in [1.29, 1.82) is 5.26 Å². The number of nitrogens with zero attached hydrogens (tertiary/aromatic N) is 4. The molecule has 18 heavy (non-hydrogen) atoms. The third-order valence-electron chi connectivity index (χ3n) is 1.86. The third-order valence-corrected chi connectivity index (χ3v) is 4.90. The summed E-state index contributed by atoms with van der Waals surface area (Å²) >= 11 is 0.763. The highest BCUT2D eigenvalue weighted by molar-refractivity contribution is 7.91. The van der Waals surface area contributed by atoms with Crippen LogP contribution in [0.3, 0.4) is 0 Å². The molecule has 1 heterocycles. The van der Waals surface area contributed by atoms with E-state index in [-0.39, 0.29) is 28.3 Å². The molecule has 1 aromatic rings. The number of sulfonamides is 1. The maximum absolute atomic E-state index is 11.9. The Morgan fingerprint density at radius 1 is 1.56 bits per heavy atom. The van der Waals surface area contributed by atoms with Gasteiger partial charge in [0.25, 0.3) is 10.0 Å². The fraction of sp³-hybridized carbons (Fsp3) is 0.500. The number of carbonyl (C=O) groups excluding carboxylic acids is 1. The van der Waals surface area contributed by atoms with Gasteiger partial charge in [0.05, 0.1) is 6.07 Å². The molecule has 0 saturated heterocycles. The summed E-state index contributed by atoms with van der Waals surface area (Å²) in [5.41, 5.74) is 0. The molecule has 0 spiro atoms. The van der Waals surface area contributed by atoms with Crippen molar-refractivity contribution in [2.75, 3.05) is 18.9 Å². The normalized spacial score (nSPS) is 11.2. The molecule has 0 aliphatic carbocycles. The Morgan fingerprint density at radius 3 is 2.78 bits per heavy atom. The summed E-state index contributed by atoms with van der Waals surface area (Å²) in [6.07, 6.45) is 0.0904. The second-order valence-electron chi connectivity index (χ2n) is 3.29. The standard InChI is InChI=1S/C8H11N5O3S2/c1-6(14)10-7-11-12-8(17-7)18(15,16)13(2)5-3-4-9/h3,5H2,1-2H3,(H,10,11,14). The Bertz CT molecular complexity index is 574. The molecule has 1 N–H and O–H groups in total. The minimum absolute atomic E-state index is 0.0773. The first-order valence-corrected chi connectivity index (χ1v) is 7.08. The molecule has 0 saturated carbocycles. The lowest BCUT2D eigenvalue weighted by atomic mass is 10.5. The van der Waals surface area contributed by atoms with Gasteiger partial charge >= 0.3 is 0 Å². The van der Waals surface area contributed by atoms with E-state index < -0.39 is 10.0 Å². The van der Waals surface area contributed by atoms with Gasteiger partial charge < -0.3 is 5.32 Å². The molecule has 0 fully saturated rings. The first-order chi connectivity index (χ1) is 8.37. The van der Waals surface area contributed by atoms with Crippen molar-refractivity contribution >= 4 is 32.4 Å². The highest BCUT2D eigenvalue weighted by Gasteiger charge is 2.25. The molecule has 0 aromatic carbocycles. The summed E-state index contributed by atoms with van der Waals surface area (Å²) in [5, 5.41) is 17.9. The second-order valence-corrected chi connectivity index (χ2v) is 6.49. The maximum atomic E-state index is 11.9. The van der Waals surface area contributed by atoms with Crippen molar-refractivity contribution in [2.24, 2.45) is 0 Å². The van der Waals surface area contributed by atoms with Crippen LogP contribution >= 0.6 is 11.3 Å². The van der Waals surface area contributed by atoms with Gasteiger partial charge in [-0.1, -0.05) is 11.3 Å². The number of rotatable bonds is 5. The zero-order valence-electron chi connectivity index (χ0n) is 9.74. The number of carbonyl (C=O) groups is 1. The minimum atomic E-state index is -3.75. The molecule has 1 rings (SSSR count). The number of hydrogen-bond acceptors (Lipinski definition) is 7. The quantitative estimate of drug-likeness (QED) is 0.764. The Kier molecular flexibility index (Phi) is 4.71. The molecule has 0 unspecified atom stereocenters. The molecule has 0 atom stereocenters. The van der Waals surface area contributed by atoms with Crippen molar-refractivity contribution in [3.63, 3.8) is 0 Å². The van der Waals surface area contributed by atoms with Gasteiger partial charge in [-0.05, 0) is 0 Å². The van der Waals surface area contributed by atoms with E-state index in [0.29, 0.717) is 0 Å². The average Bonchev–Trinajstić information content (AvgIpc) is 2.73. The van der Waals surface area contributed by atoms with Crippen LogP contribution in [0.25, 0.3) is 0 Å². The van der Waals surface area contributed by atoms with Gasteiger partial charge in [0, 0.05) is 26.9 Å². The third kappa shape index (κ3) is 3.46. The molecular weight excluding hydrogens is 278 g/mol. The van der Waals surface area contributed by atoms with Crippen LogP contribution in [0, 0.1) is 11.3 Å². The van der Waals surface area contributed by atoms with Gasteiger partial charge in [0.1, 0.15) is 0 Å². The Balaban J connectivity index is 2.89. The molecule has 0 bridgehead atoms. The minimum Gasteiger partial charge on any atom is -0.301 e. The van der Waals surface area contributed by atoms with E-state index in [0.717, 1.165) is 15.6 Å². The van der Waals surface area contributed by atoms with Gasteiger partial charge in [-0.15, -0.1) is 10.2 Å². The van der Waals surface area contributed by atoms with E-state index in [1.54, 1.807) is 0 Å². The summed E-state index contributed by atoms with van der Waals surface area (Å²) < 4.78 is 24.7. The summed E-state index contributed by atoms with van der Waals surface area (Å²) in [6, 6.07) is 1.86. The van der Waals surface area contributed by atoms with Crippen LogP contribution in [0.2, 0.25) is 0 Å². The fourth-order valence-electron chi connectivity index (χ4n) is 0.976. The Hall–Kier alpha value is -1.57. The average molecular weight is 289 g/mol. The first-order valence-electron chi connectivity index (χ1n) is 4.82. The highest BCUT2D eigenvalue weighted by Crippen LogP contribution is 2.22. The summed E-state index contributed by atoms with van der Waals surface area (Å²) in [4.78, 5) is 10.8. The zero-order valence-corrected chi connectivity index (χ0v) is 11.4. The SMILES string of the molecule is CC(=O)Nc1nnc(S(=O)(=O)N(C)CCC#N)s1. The maximum Gasteiger partial charge on any atom is 0.272 e. The predicted molar refractivity (Wildman–Crippen MR) is 64.3 cm³/mol. The number of nitriles is 1. The van der Waals surface area contributed by atoms with Gasteiger partial charge in [0.15, 0.2) is 0 Å².